The highest BCUT2D eigenvalue weighted by atomic mass is 35.5. The van der Waals surface area contributed by atoms with E-state index in [1.165, 1.54) is 6.07 Å². The molecule has 0 bridgehead atoms. The van der Waals surface area contributed by atoms with Gasteiger partial charge < -0.3 is 10.2 Å². The maximum atomic E-state index is 12.4. The normalized spacial score (nSPS) is 14.9. The Kier molecular flexibility index (Phi) is 7.29. The summed E-state index contributed by atoms with van der Waals surface area (Å²) in [6.07, 6.45) is 0.958. The Morgan fingerprint density at radius 1 is 1.21 bits per heavy atom. The molecule has 1 aromatic heterocycles. The number of hydrogen-bond donors (Lipinski definition) is 1. The Balaban J connectivity index is 1.44. The average molecular weight is 441 g/mol. The molecule has 6 nitrogen and oxygen atoms in total. The third-order valence-corrected chi connectivity index (χ3v) is 6.18. The van der Waals surface area contributed by atoms with Crippen molar-refractivity contribution in [2.75, 3.05) is 32.7 Å². The molecule has 0 atom stereocenters. The number of carbonyl (C=O) groups is 2. The number of nitrogens with zero attached hydrogens (tertiary/aromatic N) is 3. The number of aromatic nitrogens is 1. The molecule has 0 spiro atoms. The first kappa shape index (κ1) is 21.0. The Bertz CT molecular complexity index is 850. The summed E-state index contributed by atoms with van der Waals surface area (Å²) in [6.45, 7) is 5.73. The topological polar surface area (TPSA) is 65.5 Å². The fourth-order valence-electron chi connectivity index (χ4n) is 3.00. The number of rotatable bonds is 6. The van der Waals surface area contributed by atoms with Gasteiger partial charge >= 0.3 is 0 Å². The van der Waals surface area contributed by atoms with Crippen molar-refractivity contribution in [3.8, 4) is 0 Å². The van der Waals surface area contributed by atoms with E-state index in [1.807, 2.05) is 0 Å². The smallest absolute Gasteiger partial charge is 0.253 e. The molecule has 0 unspecified atom stereocenters. The van der Waals surface area contributed by atoms with Gasteiger partial charge in [0, 0.05) is 43.1 Å². The van der Waals surface area contributed by atoms with Gasteiger partial charge in [-0.15, -0.1) is 11.3 Å². The van der Waals surface area contributed by atoms with Gasteiger partial charge in [0.25, 0.3) is 5.91 Å². The van der Waals surface area contributed by atoms with Crippen LogP contribution in [0, 0.1) is 0 Å². The molecular formula is C19H22Cl2N4O2S. The largest absolute Gasteiger partial charge is 0.343 e. The zero-order valence-corrected chi connectivity index (χ0v) is 17.9. The fraction of sp³-hybridized carbons (Fsp3) is 0.421. The van der Waals surface area contributed by atoms with Crippen molar-refractivity contribution in [3.05, 3.63) is 49.9 Å². The van der Waals surface area contributed by atoms with Gasteiger partial charge in [-0.1, -0.05) is 30.1 Å². The lowest BCUT2D eigenvalue weighted by molar-refractivity contribution is -0.131. The van der Waals surface area contributed by atoms with Gasteiger partial charge in [0.2, 0.25) is 5.91 Å². The molecule has 150 valence electrons. The monoisotopic (exact) mass is 440 g/mol. The minimum Gasteiger partial charge on any atom is -0.343 e. The second-order valence-electron chi connectivity index (χ2n) is 6.55. The maximum absolute atomic E-state index is 12.4. The molecule has 2 amide bonds. The van der Waals surface area contributed by atoms with Gasteiger partial charge in [0.1, 0.15) is 0 Å². The van der Waals surface area contributed by atoms with Crippen LogP contribution in [0.4, 0.5) is 0 Å². The predicted molar refractivity (Wildman–Crippen MR) is 112 cm³/mol. The van der Waals surface area contributed by atoms with E-state index in [4.69, 9.17) is 23.2 Å². The Morgan fingerprint density at radius 2 is 1.96 bits per heavy atom. The number of halogens is 2. The summed E-state index contributed by atoms with van der Waals surface area (Å²) < 4.78 is 0. The number of thiazole rings is 1. The SMILES string of the molecule is CCc1nc(CN2CCN(C(=O)CNC(=O)c3ccc(Cl)cc3Cl)CC2)cs1. The molecule has 0 radical (unpaired) electrons. The van der Waals surface area contributed by atoms with E-state index in [-0.39, 0.29) is 23.4 Å². The number of aryl methyl sites for hydroxylation is 1. The van der Waals surface area contributed by atoms with E-state index in [0.29, 0.717) is 23.7 Å². The minimum atomic E-state index is -0.385. The van der Waals surface area contributed by atoms with Gasteiger partial charge in [-0.3, -0.25) is 14.5 Å². The average Bonchev–Trinajstić information content (AvgIpc) is 3.14. The number of carbonyl (C=O) groups excluding carboxylic acids is 2. The summed E-state index contributed by atoms with van der Waals surface area (Å²) >= 11 is 13.6. The van der Waals surface area contributed by atoms with Crippen molar-refractivity contribution in [3.63, 3.8) is 0 Å². The second kappa shape index (κ2) is 9.69. The van der Waals surface area contributed by atoms with Crippen molar-refractivity contribution in [1.29, 1.82) is 0 Å². The van der Waals surface area contributed by atoms with Crippen molar-refractivity contribution in [2.45, 2.75) is 19.9 Å². The lowest BCUT2D eigenvalue weighted by atomic mass is 10.2. The van der Waals surface area contributed by atoms with E-state index < -0.39 is 0 Å². The number of amides is 2. The third-order valence-electron chi connectivity index (χ3n) is 4.59. The molecule has 28 heavy (non-hydrogen) atoms. The van der Waals surface area contributed by atoms with Crippen LogP contribution in [-0.2, 0) is 17.8 Å². The number of nitrogens with one attached hydrogen (secondary N) is 1. The van der Waals surface area contributed by atoms with Gasteiger partial charge in [-0.05, 0) is 24.6 Å². The highest BCUT2D eigenvalue weighted by Gasteiger charge is 2.22. The summed E-state index contributed by atoms with van der Waals surface area (Å²) in [5.74, 6) is -0.482. The van der Waals surface area contributed by atoms with Crippen molar-refractivity contribution < 1.29 is 9.59 Å². The van der Waals surface area contributed by atoms with Gasteiger partial charge in [0.05, 0.1) is 27.8 Å². The molecule has 1 fully saturated rings. The summed E-state index contributed by atoms with van der Waals surface area (Å²) in [4.78, 5) is 33.3. The summed E-state index contributed by atoms with van der Waals surface area (Å²) in [7, 11) is 0. The highest BCUT2D eigenvalue weighted by Crippen LogP contribution is 2.20. The van der Waals surface area contributed by atoms with Crippen LogP contribution in [0.2, 0.25) is 10.0 Å². The van der Waals surface area contributed by atoms with Crippen LogP contribution < -0.4 is 5.32 Å². The number of piperazine rings is 1. The van der Waals surface area contributed by atoms with Crippen LogP contribution in [0.3, 0.4) is 0 Å². The molecule has 1 aliphatic heterocycles. The molecule has 9 heteroatoms. The molecule has 0 saturated carbocycles. The van der Waals surface area contributed by atoms with Gasteiger partial charge in [-0.25, -0.2) is 4.98 Å². The predicted octanol–water partition coefficient (Wildman–Crippen LogP) is 3.09. The fourth-order valence-corrected chi connectivity index (χ4v) is 4.24. The lowest BCUT2D eigenvalue weighted by Crippen LogP contribution is -2.50. The summed E-state index contributed by atoms with van der Waals surface area (Å²) in [5.41, 5.74) is 1.40. The highest BCUT2D eigenvalue weighted by molar-refractivity contribution is 7.09. The minimum absolute atomic E-state index is 0.0519. The number of hydrogen-bond acceptors (Lipinski definition) is 5. The first-order chi connectivity index (χ1) is 13.5. The molecule has 1 saturated heterocycles. The molecule has 2 heterocycles. The van der Waals surface area contributed by atoms with Crippen LogP contribution in [-0.4, -0.2) is 59.3 Å². The second-order valence-corrected chi connectivity index (χ2v) is 8.34. The Labute approximate surface area is 178 Å². The van der Waals surface area contributed by atoms with Gasteiger partial charge in [-0.2, -0.15) is 0 Å². The summed E-state index contributed by atoms with van der Waals surface area (Å²) in [6, 6.07) is 4.64. The quantitative estimate of drug-likeness (QED) is 0.749. The van der Waals surface area contributed by atoms with Crippen LogP contribution in [0.1, 0.15) is 28.0 Å². The molecule has 3 rings (SSSR count). The molecule has 1 aromatic carbocycles. The Hall–Kier alpha value is -1.67. The summed E-state index contributed by atoms with van der Waals surface area (Å²) in [5, 5.41) is 6.62. The zero-order chi connectivity index (χ0) is 20.1. The van der Waals surface area contributed by atoms with E-state index >= 15 is 0 Å². The molecule has 1 aliphatic rings. The van der Waals surface area contributed by atoms with Crippen molar-refractivity contribution in [1.82, 2.24) is 20.1 Å². The van der Waals surface area contributed by atoms with Crippen molar-refractivity contribution in [2.24, 2.45) is 0 Å². The van der Waals surface area contributed by atoms with E-state index in [1.54, 1.807) is 28.4 Å². The lowest BCUT2D eigenvalue weighted by Gasteiger charge is -2.34. The van der Waals surface area contributed by atoms with E-state index in [2.05, 4.69) is 27.5 Å². The van der Waals surface area contributed by atoms with Crippen molar-refractivity contribution >= 4 is 46.4 Å². The van der Waals surface area contributed by atoms with E-state index in [9.17, 15) is 9.59 Å². The first-order valence-electron chi connectivity index (χ1n) is 9.13. The molecule has 2 aromatic rings. The molecule has 1 N–H and O–H groups in total. The zero-order valence-electron chi connectivity index (χ0n) is 15.6. The van der Waals surface area contributed by atoms with Crippen LogP contribution in [0.25, 0.3) is 0 Å². The maximum Gasteiger partial charge on any atom is 0.253 e. The van der Waals surface area contributed by atoms with E-state index in [0.717, 1.165) is 36.8 Å². The van der Waals surface area contributed by atoms with Crippen LogP contribution in [0.15, 0.2) is 23.6 Å². The molecule has 0 aliphatic carbocycles. The number of benzene rings is 1. The molecular weight excluding hydrogens is 419 g/mol. The van der Waals surface area contributed by atoms with Crippen LogP contribution >= 0.6 is 34.5 Å². The van der Waals surface area contributed by atoms with Crippen LogP contribution in [0.5, 0.6) is 0 Å². The van der Waals surface area contributed by atoms with Gasteiger partial charge in [0.15, 0.2) is 0 Å². The Morgan fingerprint density at radius 3 is 2.61 bits per heavy atom. The third kappa shape index (κ3) is 5.44. The first-order valence-corrected chi connectivity index (χ1v) is 10.8. The standard InChI is InChI=1S/C19H22Cl2N4O2S/c1-2-17-23-14(12-28-17)11-24-5-7-25(8-6-24)18(26)10-22-19(27)15-4-3-13(20)9-16(15)21/h3-4,9,12H,2,5-8,10-11H2,1H3,(H,22,27).